The Labute approximate surface area is 177 Å². The number of primary sulfonamides is 1. The fraction of sp³-hybridized carbons (Fsp3) is 0.100. The first-order chi connectivity index (χ1) is 14.7. The summed E-state index contributed by atoms with van der Waals surface area (Å²) in [6.07, 6.45) is 0. The van der Waals surface area contributed by atoms with Gasteiger partial charge in [-0.25, -0.2) is 18.5 Å². The second-order valence-electron chi connectivity index (χ2n) is 6.86. The Morgan fingerprint density at radius 3 is 2.48 bits per heavy atom. The van der Waals surface area contributed by atoms with Gasteiger partial charge in [-0.1, -0.05) is 42.5 Å². The molecule has 0 atom stereocenters. The Morgan fingerprint density at radius 2 is 1.81 bits per heavy atom. The van der Waals surface area contributed by atoms with Crippen molar-refractivity contribution in [1.29, 1.82) is 0 Å². The molecule has 2 aromatic carbocycles. The maximum atomic E-state index is 12.0. The van der Waals surface area contributed by atoms with Gasteiger partial charge in [-0.3, -0.25) is 4.79 Å². The van der Waals surface area contributed by atoms with E-state index >= 15 is 0 Å². The third-order valence-corrected chi connectivity index (χ3v) is 5.62. The maximum absolute atomic E-state index is 12.0. The van der Waals surface area contributed by atoms with Gasteiger partial charge in [0.25, 0.3) is 5.91 Å². The molecular formula is C20H19N7O3S. The molecule has 0 fully saturated rings. The molecule has 4 rings (SSSR count). The van der Waals surface area contributed by atoms with E-state index in [1.807, 2.05) is 30.3 Å². The van der Waals surface area contributed by atoms with Crippen LogP contribution in [-0.4, -0.2) is 34.3 Å². The standard InChI is InChI=1S/C20H19N7O3S/c1-11-15(13-8-5-9-14(16(13)24-11)31(22,29)30)18-25-19(17(21)28)27-20(26-18)23-10-12-6-3-2-4-7-12/h2-9,24H,10H2,1H3,(H2,21,28)(H2,22,29,30)(H,23,25,26,27). The molecule has 1 amide bonds. The van der Waals surface area contributed by atoms with Gasteiger partial charge in [-0.15, -0.1) is 0 Å². The first kappa shape index (κ1) is 20.4. The van der Waals surface area contributed by atoms with Crippen molar-refractivity contribution in [2.24, 2.45) is 10.9 Å². The zero-order valence-corrected chi connectivity index (χ0v) is 17.3. The summed E-state index contributed by atoms with van der Waals surface area (Å²) in [6, 6.07) is 14.3. The Kier molecular flexibility index (Phi) is 5.13. The number of nitrogens with two attached hydrogens (primary N) is 2. The molecule has 10 nitrogen and oxygen atoms in total. The topological polar surface area (TPSA) is 170 Å². The van der Waals surface area contributed by atoms with E-state index in [1.54, 1.807) is 19.1 Å². The summed E-state index contributed by atoms with van der Waals surface area (Å²) in [7, 11) is -3.95. The second kappa shape index (κ2) is 7.78. The summed E-state index contributed by atoms with van der Waals surface area (Å²) in [5.74, 6) is -0.681. The largest absolute Gasteiger partial charge is 0.363 e. The molecule has 0 bridgehead atoms. The number of fused-ring (bicyclic) bond motifs is 1. The molecule has 6 N–H and O–H groups in total. The number of nitrogens with one attached hydrogen (secondary N) is 2. The Morgan fingerprint density at radius 1 is 1.06 bits per heavy atom. The molecule has 0 unspecified atom stereocenters. The molecule has 0 saturated heterocycles. The number of rotatable bonds is 6. The monoisotopic (exact) mass is 437 g/mol. The third-order valence-electron chi connectivity index (χ3n) is 4.66. The number of hydrogen-bond acceptors (Lipinski definition) is 7. The van der Waals surface area contributed by atoms with Crippen LogP contribution in [0, 0.1) is 6.92 Å². The van der Waals surface area contributed by atoms with E-state index in [0.29, 0.717) is 28.7 Å². The van der Waals surface area contributed by atoms with E-state index in [2.05, 4.69) is 25.3 Å². The van der Waals surface area contributed by atoms with Crippen LogP contribution in [0.5, 0.6) is 0 Å². The van der Waals surface area contributed by atoms with Gasteiger partial charge >= 0.3 is 0 Å². The summed E-state index contributed by atoms with van der Waals surface area (Å²) in [6.45, 7) is 2.16. The summed E-state index contributed by atoms with van der Waals surface area (Å²) < 4.78 is 23.9. The summed E-state index contributed by atoms with van der Waals surface area (Å²) >= 11 is 0. The number of carbonyl (C=O) groups excluding carboxylic acids is 1. The first-order valence-electron chi connectivity index (χ1n) is 9.22. The number of aromatic nitrogens is 4. The quantitative estimate of drug-likeness (QED) is 0.355. The van der Waals surface area contributed by atoms with Gasteiger partial charge in [0.15, 0.2) is 5.82 Å². The summed E-state index contributed by atoms with van der Waals surface area (Å²) in [4.78, 5) is 27.5. The Hall–Kier alpha value is -3.83. The van der Waals surface area contributed by atoms with Crippen LogP contribution in [0.15, 0.2) is 53.4 Å². The molecule has 0 spiro atoms. The number of H-pyrrole nitrogens is 1. The van der Waals surface area contributed by atoms with Gasteiger partial charge < -0.3 is 16.0 Å². The molecule has 0 aliphatic carbocycles. The number of amides is 1. The maximum Gasteiger partial charge on any atom is 0.286 e. The van der Waals surface area contributed by atoms with Crippen molar-refractivity contribution in [1.82, 2.24) is 19.9 Å². The molecule has 31 heavy (non-hydrogen) atoms. The highest BCUT2D eigenvalue weighted by Crippen LogP contribution is 2.33. The molecule has 0 aliphatic heterocycles. The number of nitrogens with zero attached hydrogens (tertiary/aromatic N) is 3. The van der Waals surface area contributed by atoms with Crippen LogP contribution >= 0.6 is 0 Å². The van der Waals surface area contributed by atoms with Crippen LogP contribution in [0.1, 0.15) is 21.9 Å². The smallest absolute Gasteiger partial charge is 0.286 e. The zero-order chi connectivity index (χ0) is 22.2. The van der Waals surface area contributed by atoms with E-state index in [1.165, 1.54) is 6.07 Å². The van der Waals surface area contributed by atoms with Crippen LogP contribution in [0.25, 0.3) is 22.3 Å². The number of aryl methyl sites for hydroxylation is 1. The van der Waals surface area contributed by atoms with E-state index in [-0.39, 0.29) is 22.5 Å². The predicted octanol–water partition coefficient (Wildman–Crippen LogP) is 1.69. The number of sulfonamides is 1. The van der Waals surface area contributed by atoms with Crippen molar-refractivity contribution in [3.8, 4) is 11.4 Å². The summed E-state index contributed by atoms with van der Waals surface area (Å²) in [5, 5.41) is 8.95. The first-order valence-corrected chi connectivity index (χ1v) is 10.8. The number of anilines is 1. The van der Waals surface area contributed by atoms with Crippen LogP contribution in [0.4, 0.5) is 5.95 Å². The number of benzene rings is 2. The minimum atomic E-state index is -3.95. The van der Waals surface area contributed by atoms with Crippen molar-refractivity contribution in [3.05, 3.63) is 65.6 Å². The highest BCUT2D eigenvalue weighted by atomic mass is 32.2. The minimum absolute atomic E-state index is 0.0500. The predicted molar refractivity (Wildman–Crippen MR) is 116 cm³/mol. The van der Waals surface area contributed by atoms with Crippen LogP contribution in [0.3, 0.4) is 0 Å². The molecule has 0 saturated carbocycles. The van der Waals surface area contributed by atoms with Crippen LogP contribution in [0.2, 0.25) is 0 Å². The molecule has 11 heteroatoms. The number of carbonyl (C=O) groups is 1. The molecule has 4 aromatic rings. The third kappa shape index (κ3) is 4.09. The number of aromatic amines is 1. The van der Waals surface area contributed by atoms with Crippen molar-refractivity contribution >= 4 is 32.8 Å². The van der Waals surface area contributed by atoms with E-state index in [9.17, 15) is 13.2 Å². The number of hydrogen-bond donors (Lipinski definition) is 4. The highest BCUT2D eigenvalue weighted by Gasteiger charge is 2.21. The van der Waals surface area contributed by atoms with Crippen molar-refractivity contribution < 1.29 is 13.2 Å². The van der Waals surface area contributed by atoms with Gasteiger partial charge in [0, 0.05) is 23.2 Å². The van der Waals surface area contributed by atoms with Crippen LogP contribution < -0.4 is 16.2 Å². The summed E-state index contributed by atoms with van der Waals surface area (Å²) in [5.41, 5.74) is 7.86. The highest BCUT2D eigenvalue weighted by molar-refractivity contribution is 7.89. The second-order valence-corrected chi connectivity index (χ2v) is 8.39. The van der Waals surface area contributed by atoms with E-state index in [0.717, 1.165) is 5.56 Å². The molecule has 0 aliphatic rings. The normalized spacial score (nSPS) is 11.5. The van der Waals surface area contributed by atoms with E-state index < -0.39 is 15.9 Å². The molecule has 0 radical (unpaired) electrons. The lowest BCUT2D eigenvalue weighted by atomic mass is 10.1. The fourth-order valence-corrected chi connectivity index (χ4v) is 4.01. The van der Waals surface area contributed by atoms with Gasteiger partial charge in [0.05, 0.1) is 5.52 Å². The van der Waals surface area contributed by atoms with E-state index in [4.69, 9.17) is 10.9 Å². The van der Waals surface area contributed by atoms with Gasteiger partial charge in [0.1, 0.15) is 4.90 Å². The number of para-hydroxylation sites is 1. The molecule has 2 heterocycles. The van der Waals surface area contributed by atoms with Gasteiger partial charge in [-0.05, 0) is 18.6 Å². The molecule has 2 aromatic heterocycles. The number of primary amides is 1. The average Bonchev–Trinajstić information content (AvgIpc) is 3.07. The van der Waals surface area contributed by atoms with Crippen LogP contribution in [-0.2, 0) is 16.6 Å². The molecular weight excluding hydrogens is 418 g/mol. The Balaban J connectivity index is 1.84. The van der Waals surface area contributed by atoms with Crippen molar-refractivity contribution in [3.63, 3.8) is 0 Å². The van der Waals surface area contributed by atoms with Crippen molar-refractivity contribution in [2.75, 3.05) is 5.32 Å². The lowest BCUT2D eigenvalue weighted by Gasteiger charge is -2.08. The fourth-order valence-electron chi connectivity index (χ4n) is 3.30. The lowest BCUT2D eigenvalue weighted by molar-refractivity contribution is 0.0990. The Bertz CT molecular complexity index is 1400. The zero-order valence-electron chi connectivity index (χ0n) is 16.5. The van der Waals surface area contributed by atoms with Gasteiger partial charge in [0.2, 0.25) is 21.8 Å². The van der Waals surface area contributed by atoms with Crippen molar-refractivity contribution in [2.45, 2.75) is 18.4 Å². The SMILES string of the molecule is Cc1[nH]c2c(S(N)(=O)=O)cccc2c1-c1nc(NCc2ccccc2)nc(C(N)=O)n1. The average molecular weight is 437 g/mol. The lowest BCUT2D eigenvalue weighted by Crippen LogP contribution is -2.18. The molecule has 158 valence electrons. The van der Waals surface area contributed by atoms with Gasteiger partial charge in [-0.2, -0.15) is 9.97 Å². The minimum Gasteiger partial charge on any atom is -0.363 e.